The van der Waals surface area contributed by atoms with Crippen molar-refractivity contribution in [2.24, 2.45) is 0 Å². The van der Waals surface area contributed by atoms with Gasteiger partial charge in [-0.1, -0.05) is 6.92 Å². The highest BCUT2D eigenvalue weighted by Gasteiger charge is 2.22. The van der Waals surface area contributed by atoms with Crippen molar-refractivity contribution in [3.05, 3.63) is 51.9 Å². The number of aliphatic hydroxyl groups is 1. The van der Waals surface area contributed by atoms with E-state index in [0.29, 0.717) is 23.0 Å². The van der Waals surface area contributed by atoms with Gasteiger partial charge in [-0.15, -0.1) is 11.3 Å². The molecule has 2 aromatic heterocycles. The number of aliphatic carboxylic acids is 1. The highest BCUT2D eigenvalue weighted by molar-refractivity contribution is 7.12. The Kier molecular flexibility index (Phi) is 6.58. The molecular formula is C20H19FN2O6S. The van der Waals surface area contributed by atoms with Gasteiger partial charge in [0.15, 0.2) is 11.7 Å². The summed E-state index contributed by atoms with van der Waals surface area (Å²) in [5.74, 6) is -2.77. The van der Waals surface area contributed by atoms with Gasteiger partial charge in [-0.2, -0.15) is 0 Å². The fourth-order valence-corrected chi connectivity index (χ4v) is 3.66. The molecule has 2 N–H and O–H groups in total. The number of esters is 1. The maximum Gasteiger partial charge on any atom is 0.308 e. The number of ether oxygens (including phenoxy) is 1. The third-order valence-corrected chi connectivity index (χ3v) is 5.30. The predicted octanol–water partition coefficient (Wildman–Crippen LogP) is 3.28. The van der Waals surface area contributed by atoms with Crippen LogP contribution in [-0.4, -0.2) is 37.5 Å². The van der Waals surface area contributed by atoms with Crippen molar-refractivity contribution in [2.45, 2.75) is 39.0 Å². The summed E-state index contributed by atoms with van der Waals surface area (Å²) in [7, 11) is 0. The lowest BCUT2D eigenvalue weighted by Gasteiger charge is -2.06. The number of carbonyl (C=O) groups excluding carboxylic acids is 2. The summed E-state index contributed by atoms with van der Waals surface area (Å²) < 4.78 is 20.2. The molecule has 0 bridgehead atoms. The van der Waals surface area contributed by atoms with Crippen LogP contribution in [-0.2, 0) is 21.1 Å². The number of hydrogen-bond acceptors (Lipinski definition) is 7. The molecule has 0 amide bonds. The molecule has 3 rings (SSSR count). The molecule has 1 atom stereocenters. The molecule has 0 fully saturated rings. The van der Waals surface area contributed by atoms with E-state index in [9.17, 15) is 23.9 Å². The lowest BCUT2D eigenvalue weighted by atomic mass is 10.1. The number of carboxylic acid groups (broad SMARTS) is 1. The van der Waals surface area contributed by atoms with E-state index in [-0.39, 0.29) is 30.1 Å². The van der Waals surface area contributed by atoms with Crippen molar-refractivity contribution in [3.63, 3.8) is 0 Å². The van der Waals surface area contributed by atoms with E-state index >= 15 is 0 Å². The molecule has 1 aromatic carbocycles. The molecule has 30 heavy (non-hydrogen) atoms. The van der Waals surface area contributed by atoms with Gasteiger partial charge in [-0.05, 0) is 24.6 Å². The maximum atomic E-state index is 13.8. The zero-order valence-electron chi connectivity index (χ0n) is 16.0. The van der Waals surface area contributed by atoms with E-state index in [1.807, 2.05) is 0 Å². The van der Waals surface area contributed by atoms with E-state index in [4.69, 9.17) is 9.84 Å². The van der Waals surface area contributed by atoms with Crippen molar-refractivity contribution in [2.75, 3.05) is 0 Å². The number of rotatable bonds is 9. The van der Waals surface area contributed by atoms with Gasteiger partial charge in [-0.25, -0.2) is 9.37 Å². The van der Waals surface area contributed by atoms with Crippen molar-refractivity contribution < 1.29 is 33.7 Å². The van der Waals surface area contributed by atoms with Crippen LogP contribution in [0, 0.1) is 5.82 Å². The normalized spacial score (nSPS) is 12.1. The number of hydrogen-bond donors (Lipinski definition) is 2. The van der Waals surface area contributed by atoms with Crippen LogP contribution in [0.2, 0.25) is 0 Å². The molecule has 2 heterocycles. The number of carbonyl (C=O) groups is 3. The molecule has 3 aromatic rings. The summed E-state index contributed by atoms with van der Waals surface area (Å²) in [5.41, 5.74) is 1.00. The van der Waals surface area contributed by atoms with E-state index in [1.165, 1.54) is 29.0 Å². The Balaban J connectivity index is 1.88. The summed E-state index contributed by atoms with van der Waals surface area (Å²) in [6.07, 6.45) is 0.483. The predicted molar refractivity (Wildman–Crippen MR) is 106 cm³/mol. The summed E-state index contributed by atoms with van der Waals surface area (Å²) >= 11 is 1.10. The Labute approximate surface area is 174 Å². The van der Waals surface area contributed by atoms with Crippen molar-refractivity contribution in [3.8, 4) is 0 Å². The second-order valence-electron chi connectivity index (χ2n) is 6.54. The number of thiazole rings is 1. The fourth-order valence-electron chi connectivity index (χ4n) is 2.84. The van der Waals surface area contributed by atoms with Gasteiger partial charge in [0.2, 0.25) is 5.78 Å². The zero-order valence-corrected chi connectivity index (χ0v) is 16.8. The number of ketones is 1. The molecule has 0 aliphatic carbocycles. The average Bonchev–Trinajstić information content (AvgIpc) is 3.34. The lowest BCUT2D eigenvalue weighted by Crippen LogP contribution is -2.10. The second-order valence-corrected chi connectivity index (χ2v) is 7.40. The number of benzene rings is 1. The first kappa shape index (κ1) is 21.6. The molecular weight excluding hydrogens is 415 g/mol. The van der Waals surface area contributed by atoms with E-state index < -0.39 is 29.6 Å². The standard InChI is InChI=1S/C20H19FN2O6S/c1-2-16(24)14-9-30-20(22-14)19(28)13-8-23(10-29-18(27)6-5-17(25)26)15-7-11(21)3-4-12(13)15/h3-4,7-9,16,24H,2,5-6,10H2,1H3,(H,25,26)/t16-/m0/s1. The van der Waals surface area contributed by atoms with Crippen LogP contribution in [0.5, 0.6) is 0 Å². The Hall–Kier alpha value is -3.11. The monoisotopic (exact) mass is 434 g/mol. The van der Waals surface area contributed by atoms with Gasteiger partial charge >= 0.3 is 11.9 Å². The Bertz CT molecular complexity index is 1110. The molecule has 0 spiro atoms. The van der Waals surface area contributed by atoms with Crippen LogP contribution in [0.4, 0.5) is 4.39 Å². The molecule has 0 saturated carbocycles. The van der Waals surface area contributed by atoms with Crippen LogP contribution in [0.25, 0.3) is 10.9 Å². The SMILES string of the molecule is CC[C@H](O)c1csc(C(=O)c2cn(COC(=O)CCC(=O)O)c3cc(F)ccc23)n1. The van der Waals surface area contributed by atoms with Crippen molar-refractivity contribution >= 4 is 40.0 Å². The van der Waals surface area contributed by atoms with E-state index in [2.05, 4.69) is 4.98 Å². The molecule has 0 radical (unpaired) electrons. The number of aromatic nitrogens is 2. The molecule has 0 saturated heterocycles. The molecule has 0 unspecified atom stereocenters. The van der Waals surface area contributed by atoms with Crippen LogP contribution in [0.15, 0.2) is 29.8 Å². The van der Waals surface area contributed by atoms with Gasteiger partial charge in [0.05, 0.1) is 35.7 Å². The summed E-state index contributed by atoms with van der Waals surface area (Å²) in [6, 6.07) is 3.89. The molecule has 10 heteroatoms. The summed E-state index contributed by atoms with van der Waals surface area (Å²) in [5, 5.41) is 20.8. The molecule has 0 aliphatic heterocycles. The summed E-state index contributed by atoms with van der Waals surface area (Å²) in [6.45, 7) is 1.49. The van der Waals surface area contributed by atoms with Crippen LogP contribution in [0.3, 0.4) is 0 Å². The molecule has 0 aliphatic rings. The third kappa shape index (κ3) is 4.71. The largest absolute Gasteiger partial charge is 0.481 e. The minimum absolute atomic E-state index is 0.180. The van der Waals surface area contributed by atoms with Gasteiger partial charge < -0.3 is 19.5 Å². The van der Waals surface area contributed by atoms with Crippen molar-refractivity contribution in [1.29, 1.82) is 0 Å². The number of aliphatic hydroxyl groups excluding tert-OH is 1. The Morgan fingerprint density at radius 3 is 2.77 bits per heavy atom. The number of halogens is 1. The number of fused-ring (bicyclic) bond motifs is 1. The first-order chi connectivity index (χ1) is 14.3. The second kappa shape index (κ2) is 9.14. The van der Waals surface area contributed by atoms with Gasteiger partial charge in [0.25, 0.3) is 0 Å². The summed E-state index contributed by atoms with van der Waals surface area (Å²) in [4.78, 5) is 39.4. The fraction of sp³-hybridized carbons (Fsp3) is 0.300. The molecule has 8 nitrogen and oxygen atoms in total. The topological polar surface area (TPSA) is 119 Å². The van der Waals surface area contributed by atoms with Gasteiger partial charge in [0, 0.05) is 17.0 Å². The van der Waals surface area contributed by atoms with Crippen molar-refractivity contribution in [1.82, 2.24) is 9.55 Å². The smallest absolute Gasteiger partial charge is 0.308 e. The zero-order chi connectivity index (χ0) is 21.8. The lowest BCUT2D eigenvalue weighted by molar-refractivity contribution is -0.150. The molecule has 158 valence electrons. The minimum Gasteiger partial charge on any atom is -0.481 e. The first-order valence-electron chi connectivity index (χ1n) is 9.14. The quantitative estimate of drug-likeness (QED) is 0.392. The van der Waals surface area contributed by atoms with E-state index in [0.717, 1.165) is 11.3 Å². The van der Waals surface area contributed by atoms with Crippen LogP contribution in [0.1, 0.15) is 53.3 Å². The van der Waals surface area contributed by atoms with E-state index in [1.54, 1.807) is 12.3 Å². The highest BCUT2D eigenvalue weighted by atomic mass is 32.1. The number of nitrogens with zero attached hydrogens (tertiary/aromatic N) is 2. The van der Waals surface area contributed by atoms with Crippen LogP contribution < -0.4 is 0 Å². The Morgan fingerprint density at radius 2 is 2.07 bits per heavy atom. The van der Waals surface area contributed by atoms with Gasteiger partial charge in [0.1, 0.15) is 5.82 Å². The third-order valence-electron chi connectivity index (χ3n) is 4.44. The minimum atomic E-state index is -1.12. The number of carboxylic acids is 1. The average molecular weight is 434 g/mol. The van der Waals surface area contributed by atoms with Gasteiger partial charge in [-0.3, -0.25) is 14.4 Å². The highest BCUT2D eigenvalue weighted by Crippen LogP contribution is 2.27. The maximum absolute atomic E-state index is 13.8. The van der Waals surface area contributed by atoms with Crippen LogP contribution >= 0.6 is 11.3 Å². The first-order valence-corrected chi connectivity index (χ1v) is 10.0. The Morgan fingerprint density at radius 1 is 1.30 bits per heavy atom.